The number of fused-ring (bicyclic) bond motifs is 1. The normalized spacial score (nSPS) is 17.2. The van der Waals surface area contributed by atoms with Gasteiger partial charge < -0.3 is 18.9 Å². The third-order valence-electron chi connectivity index (χ3n) is 11.8. The van der Waals surface area contributed by atoms with Gasteiger partial charge in [-0.3, -0.25) is 28.3 Å². The second kappa shape index (κ2) is 22.1. The van der Waals surface area contributed by atoms with Crippen molar-refractivity contribution in [3.05, 3.63) is 148 Å². The molecule has 0 N–H and O–H groups in total. The standard InChI is InChI=1S/C50H57N5O9P/c1-36(56)61-35-45-46(62-37(2)57)47(63-38(3)58)49(64-45)55-34-39(51-52-55)33-54-48(59)43-29-19-20-30-44(43)53(50(54)60)31-21-8-6-4-5-7-9-22-32-65(40-23-13-10-14-24-40,41-25-15-11-16-26-41)42-27-17-12-18-28-42/h10-20,23-30,34,45-47,49H,4-9,21-22,31-33,35H2,1-3H3/q+1/t45-,46-,47-,49-/m0/s1. The number of nitrogens with zero attached hydrogens (tertiary/aromatic N) is 5. The molecule has 1 saturated heterocycles. The molecule has 0 amide bonds. The molecule has 1 aliphatic rings. The summed E-state index contributed by atoms with van der Waals surface area (Å²) in [5, 5.41) is 13.0. The first-order valence-electron chi connectivity index (χ1n) is 22.4. The highest BCUT2D eigenvalue weighted by atomic mass is 31.2. The van der Waals surface area contributed by atoms with Crippen LogP contribution in [0, 0.1) is 0 Å². The number of carbonyl (C=O) groups is 3. The topological polar surface area (TPSA) is 163 Å². The van der Waals surface area contributed by atoms with Crippen LogP contribution in [0.1, 0.15) is 84.1 Å². The van der Waals surface area contributed by atoms with Crippen LogP contribution in [0.4, 0.5) is 0 Å². The van der Waals surface area contributed by atoms with Crippen molar-refractivity contribution in [1.82, 2.24) is 24.1 Å². The fourth-order valence-electron chi connectivity index (χ4n) is 8.87. The number of aryl methyl sites for hydroxylation is 1. The Morgan fingerprint density at radius 3 is 1.72 bits per heavy atom. The highest BCUT2D eigenvalue weighted by Gasteiger charge is 2.51. The van der Waals surface area contributed by atoms with E-state index in [1.165, 1.54) is 47.6 Å². The van der Waals surface area contributed by atoms with Crippen LogP contribution in [0.3, 0.4) is 0 Å². The molecule has 0 aliphatic carbocycles. The number of benzene rings is 4. The third-order valence-corrected chi connectivity index (χ3v) is 16.4. The molecule has 65 heavy (non-hydrogen) atoms. The molecule has 1 aliphatic heterocycles. The number of carbonyl (C=O) groups excluding carboxylic acids is 3. The molecule has 6 aromatic rings. The lowest BCUT2D eigenvalue weighted by atomic mass is 10.1. The summed E-state index contributed by atoms with van der Waals surface area (Å²) in [5.74, 6) is -1.91. The second-order valence-corrected chi connectivity index (χ2v) is 20.0. The molecule has 4 aromatic carbocycles. The van der Waals surface area contributed by atoms with Gasteiger partial charge in [0.1, 0.15) is 41.6 Å². The Hall–Kier alpha value is -6.24. The lowest BCUT2D eigenvalue weighted by Gasteiger charge is -2.27. The molecular formula is C50H57N5O9P+. The van der Waals surface area contributed by atoms with E-state index in [0.29, 0.717) is 17.4 Å². The van der Waals surface area contributed by atoms with E-state index in [2.05, 4.69) is 101 Å². The summed E-state index contributed by atoms with van der Waals surface area (Å²) < 4.78 is 26.2. The van der Waals surface area contributed by atoms with Crippen LogP contribution >= 0.6 is 7.26 Å². The zero-order valence-electron chi connectivity index (χ0n) is 37.2. The van der Waals surface area contributed by atoms with Crippen LogP contribution in [0.5, 0.6) is 0 Å². The average Bonchev–Trinajstić information content (AvgIpc) is 3.91. The molecule has 2 aromatic heterocycles. The van der Waals surface area contributed by atoms with Gasteiger partial charge in [0, 0.05) is 27.3 Å². The zero-order valence-corrected chi connectivity index (χ0v) is 38.1. The fraction of sp³-hybridized carbons (Fsp3) is 0.380. The van der Waals surface area contributed by atoms with Gasteiger partial charge in [-0.25, -0.2) is 9.48 Å². The summed E-state index contributed by atoms with van der Waals surface area (Å²) in [6.07, 6.45) is 6.66. The second-order valence-electron chi connectivity index (χ2n) is 16.4. The number of para-hydroxylation sites is 1. The molecular weight excluding hydrogens is 846 g/mol. The summed E-state index contributed by atoms with van der Waals surface area (Å²) in [4.78, 5) is 63.6. The van der Waals surface area contributed by atoms with Crippen molar-refractivity contribution < 1.29 is 33.3 Å². The smallest absolute Gasteiger partial charge is 0.331 e. The van der Waals surface area contributed by atoms with Crippen molar-refractivity contribution in [1.29, 1.82) is 0 Å². The Balaban J connectivity index is 0.963. The van der Waals surface area contributed by atoms with Crippen LogP contribution < -0.4 is 27.2 Å². The van der Waals surface area contributed by atoms with Gasteiger partial charge >= 0.3 is 23.6 Å². The maximum Gasteiger partial charge on any atom is 0.331 e. The lowest BCUT2D eigenvalue weighted by molar-refractivity contribution is -0.166. The van der Waals surface area contributed by atoms with Crippen LogP contribution in [0.15, 0.2) is 131 Å². The van der Waals surface area contributed by atoms with Crippen molar-refractivity contribution in [2.24, 2.45) is 0 Å². The molecule has 1 fully saturated rings. The van der Waals surface area contributed by atoms with Gasteiger partial charge in [-0.15, -0.1) is 5.10 Å². The summed E-state index contributed by atoms with van der Waals surface area (Å²) >= 11 is 0. The molecule has 14 nitrogen and oxygen atoms in total. The number of hydrogen-bond donors (Lipinski definition) is 0. The Morgan fingerprint density at radius 1 is 0.631 bits per heavy atom. The van der Waals surface area contributed by atoms with E-state index in [4.69, 9.17) is 18.9 Å². The summed E-state index contributed by atoms with van der Waals surface area (Å²) in [7, 11) is -1.83. The van der Waals surface area contributed by atoms with E-state index in [-0.39, 0.29) is 18.8 Å². The molecule has 0 spiro atoms. The number of rotatable bonds is 21. The number of hydrogen-bond acceptors (Lipinski definition) is 11. The van der Waals surface area contributed by atoms with E-state index in [1.807, 2.05) is 6.07 Å². The monoisotopic (exact) mass is 902 g/mol. The van der Waals surface area contributed by atoms with Gasteiger partial charge in [0.05, 0.1) is 29.8 Å². The lowest BCUT2D eigenvalue weighted by Crippen LogP contribution is -2.40. The van der Waals surface area contributed by atoms with Gasteiger partial charge in [0.25, 0.3) is 5.56 Å². The van der Waals surface area contributed by atoms with Gasteiger partial charge in [0.2, 0.25) is 0 Å². The number of unbranched alkanes of at least 4 members (excludes halogenated alkanes) is 7. The van der Waals surface area contributed by atoms with E-state index in [1.54, 1.807) is 22.8 Å². The average molecular weight is 903 g/mol. The van der Waals surface area contributed by atoms with Gasteiger partial charge in [-0.2, -0.15) is 0 Å². The minimum Gasteiger partial charge on any atom is -0.463 e. The van der Waals surface area contributed by atoms with Crippen LogP contribution in [0.2, 0.25) is 0 Å². The first-order valence-corrected chi connectivity index (χ1v) is 24.4. The molecule has 0 radical (unpaired) electrons. The van der Waals surface area contributed by atoms with E-state index >= 15 is 0 Å². The molecule has 4 atom stereocenters. The van der Waals surface area contributed by atoms with Gasteiger partial charge in [0.15, 0.2) is 18.4 Å². The molecule has 7 rings (SSSR count). The Labute approximate surface area is 378 Å². The molecule has 3 heterocycles. The molecule has 0 unspecified atom stereocenters. The highest BCUT2D eigenvalue weighted by Crippen LogP contribution is 2.56. The molecule has 340 valence electrons. The minimum absolute atomic E-state index is 0.192. The Bertz CT molecular complexity index is 2560. The minimum atomic E-state index is -1.83. The van der Waals surface area contributed by atoms with Crippen molar-refractivity contribution in [3.63, 3.8) is 0 Å². The van der Waals surface area contributed by atoms with Crippen molar-refractivity contribution in [3.8, 4) is 0 Å². The van der Waals surface area contributed by atoms with Crippen molar-refractivity contribution in [2.75, 3.05) is 12.8 Å². The summed E-state index contributed by atoms with van der Waals surface area (Å²) in [6.45, 7) is 3.59. The number of ether oxygens (including phenoxy) is 4. The largest absolute Gasteiger partial charge is 0.463 e. The number of aromatic nitrogens is 5. The SMILES string of the molecule is CC(=O)OC[C@@H]1O[C@H](n2cc(Cn3c(=O)c4ccccc4n(CCCCCCCCCC[P+](c4ccccc4)(c4ccccc4)c4ccccc4)c3=O)nn2)[C@@H](OC(C)=O)[C@H]1OC(C)=O. The van der Waals surface area contributed by atoms with Gasteiger partial charge in [-0.1, -0.05) is 104 Å². The molecule has 15 heteroatoms. The van der Waals surface area contributed by atoms with Crippen LogP contribution in [-0.4, -0.2) is 73.1 Å². The molecule has 0 bridgehead atoms. The highest BCUT2D eigenvalue weighted by molar-refractivity contribution is 7.95. The quantitative estimate of drug-likeness (QED) is 0.0348. The number of esters is 3. The van der Waals surface area contributed by atoms with E-state index in [9.17, 15) is 24.0 Å². The van der Waals surface area contributed by atoms with Crippen molar-refractivity contribution in [2.45, 2.75) is 110 Å². The predicted molar refractivity (Wildman–Crippen MR) is 250 cm³/mol. The first-order chi connectivity index (χ1) is 31.6. The Morgan fingerprint density at radius 2 is 1.15 bits per heavy atom. The van der Waals surface area contributed by atoms with Crippen molar-refractivity contribution >= 4 is 52.0 Å². The fourth-order valence-corrected chi connectivity index (χ4v) is 13.3. The van der Waals surface area contributed by atoms with Crippen LogP contribution in [-0.2, 0) is 46.4 Å². The summed E-state index contributed by atoms with van der Waals surface area (Å²) in [5.41, 5.74) is -0.0912. The van der Waals surface area contributed by atoms with Crippen LogP contribution in [0.25, 0.3) is 10.9 Å². The maximum absolute atomic E-state index is 14.1. The van der Waals surface area contributed by atoms with Gasteiger partial charge in [-0.05, 0) is 67.8 Å². The summed E-state index contributed by atoms with van der Waals surface area (Å²) in [6, 6.07) is 40.2. The Kier molecular flexibility index (Phi) is 15.9. The van der Waals surface area contributed by atoms with E-state index < -0.39 is 61.0 Å². The zero-order chi connectivity index (χ0) is 45.8. The molecule has 0 saturated carbocycles. The maximum atomic E-state index is 14.1. The predicted octanol–water partition coefficient (Wildman–Crippen LogP) is 6.24. The van der Waals surface area contributed by atoms with E-state index in [0.717, 1.165) is 62.1 Å². The first kappa shape index (κ1) is 46.7. The third kappa shape index (κ3) is 11.2.